The third kappa shape index (κ3) is 2.34. The molecular weight excluding hydrogens is 184 g/mol. The highest BCUT2D eigenvalue weighted by atomic mass is 16.7. The Hall–Kier alpha value is -1.33. The van der Waals surface area contributed by atoms with E-state index in [9.17, 15) is 0 Å². The molecule has 1 unspecified atom stereocenters. The van der Waals surface area contributed by atoms with Gasteiger partial charge in [0.1, 0.15) is 0 Å². The second kappa shape index (κ2) is 4.78. The van der Waals surface area contributed by atoms with Gasteiger partial charge in [-0.05, 0) is 0 Å². The number of aliphatic imine (C=N–C) groups is 1. The van der Waals surface area contributed by atoms with Crippen molar-refractivity contribution in [3.63, 3.8) is 0 Å². The van der Waals surface area contributed by atoms with Gasteiger partial charge in [0.05, 0.1) is 19.9 Å². The maximum atomic E-state index is 5.31. The molecule has 14 heavy (non-hydrogen) atoms. The summed E-state index contributed by atoms with van der Waals surface area (Å²) in [6.07, 6.45) is 4.77. The van der Waals surface area contributed by atoms with Gasteiger partial charge < -0.3 is 19.5 Å². The summed E-state index contributed by atoms with van der Waals surface area (Å²) in [5.41, 5.74) is 0. The molecule has 0 aromatic heterocycles. The maximum Gasteiger partial charge on any atom is 0.358 e. The first-order chi connectivity index (χ1) is 6.76. The Balaban J connectivity index is 2.62. The van der Waals surface area contributed by atoms with Crippen LogP contribution < -0.4 is 5.32 Å². The van der Waals surface area contributed by atoms with Crippen molar-refractivity contribution in [2.75, 3.05) is 20.8 Å². The van der Waals surface area contributed by atoms with Gasteiger partial charge in [-0.2, -0.15) is 0 Å². The molecule has 78 valence electrons. The van der Waals surface area contributed by atoms with Crippen molar-refractivity contribution >= 4 is 6.21 Å². The van der Waals surface area contributed by atoms with Gasteiger partial charge >= 0.3 is 6.03 Å². The Kier molecular flexibility index (Phi) is 3.67. The summed E-state index contributed by atoms with van der Waals surface area (Å²) in [7, 11) is 3.06. The van der Waals surface area contributed by atoms with Crippen molar-refractivity contribution in [1.82, 2.24) is 5.32 Å². The monoisotopic (exact) mass is 198 g/mol. The highest BCUT2D eigenvalue weighted by Crippen LogP contribution is 2.14. The van der Waals surface area contributed by atoms with E-state index in [1.165, 1.54) is 13.3 Å². The van der Waals surface area contributed by atoms with Crippen LogP contribution >= 0.6 is 0 Å². The molecule has 5 nitrogen and oxygen atoms in total. The molecule has 0 aromatic carbocycles. The van der Waals surface area contributed by atoms with Gasteiger partial charge in [0.2, 0.25) is 0 Å². The molecule has 0 aromatic rings. The van der Waals surface area contributed by atoms with Crippen molar-refractivity contribution in [3.8, 4) is 0 Å². The van der Waals surface area contributed by atoms with Crippen LogP contribution in [-0.2, 0) is 14.2 Å². The fourth-order valence-corrected chi connectivity index (χ4v) is 0.918. The topological polar surface area (TPSA) is 52.1 Å². The van der Waals surface area contributed by atoms with Gasteiger partial charge in [-0.15, -0.1) is 6.58 Å². The van der Waals surface area contributed by atoms with Crippen molar-refractivity contribution in [3.05, 3.63) is 24.6 Å². The van der Waals surface area contributed by atoms with E-state index in [0.717, 1.165) is 0 Å². The molecule has 0 saturated carbocycles. The summed E-state index contributed by atoms with van der Waals surface area (Å²) < 4.78 is 15.4. The van der Waals surface area contributed by atoms with Crippen LogP contribution in [0.4, 0.5) is 0 Å². The lowest BCUT2D eigenvalue weighted by Crippen LogP contribution is -2.47. The summed E-state index contributed by atoms with van der Waals surface area (Å²) in [6.45, 7) is 3.88. The van der Waals surface area contributed by atoms with Crippen LogP contribution in [0.15, 0.2) is 29.6 Å². The summed E-state index contributed by atoms with van der Waals surface area (Å²) in [5.74, 6) is 0.611. The van der Waals surface area contributed by atoms with Crippen molar-refractivity contribution in [2.24, 2.45) is 4.99 Å². The molecule has 0 fully saturated rings. The second-order valence-electron chi connectivity index (χ2n) is 2.54. The Morgan fingerprint density at radius 3 is 2.86 bits per heavy atom. The largest absolute Gasteiger partial charge is 0.494 e. The molecule has 1 aliphatic rings. The van der Waals surface area contributed by atoms with Crippen LogP contribution in [0.3, 0.4) is 0 Å². The number of allylic oxidation sites excluding steroid dienone is 1. The average molecular weight is 198 g/mol. The Labute approximate surface area is 83.1 Å². The minimum Gasteiger partial charge on any atom is -0.494 e. The summed E-state index contributed by atoms with van der Waals surface area (Å²) >= 11 is 0. The third-order valence-electron chi connectivity index (χ3n) is 1.67. The minimum atomic E-state index is -1.16. The van der Waals surface area contributed by atoms with Crippen molar-refractivity contribution < 1.29 is 14.2 Å². The zero-order valence-electron chi connectivity index (χ0n) is 8.32. The Morgan fingerprint density at radius 2 is 2.43 bits per heavy atom. The fourth-order valence-electron chi connectivity index (χ4n) is 0.918. The summed E-state index contributed by atoms with van der Waals surface area (Å²) in [5, 5.41) is 2.84. The number of ether oxygens (including phenoxy) is 3. The smallest absolute Gasteiger partial charge is 0.358 e. The number of methoxy groups -OCH3 is 2. The van der Waals surface area contributed by atoms with Gasteiger partial charge in [0.15, 0.2) is 5.76 Å². The van der Waals surface area contributed by atoms with E-state index in [-0.39, 0.29) is 0 Å². The zero-order chi connectivity index (χ0) is 10.4. The molecule has 1 heterocycles. The van der Waals surface area contributed by atoms with Gasteiger partial charge in [0.25, 0.3) is 0 Å². The molecule has 5 heteroatoms. The normalized spacial score (nSPS) is 25.1. The molecule has 1 atom stereocenters. The number of hydrogen-bond acceptors (Lipinski definition) is 5. The molecule has 0 saturated heterocycles. The molecule has 0 spiro atoms. The minimum absolute atomic E-state index is 0.342. The zero-order valence-corrected chi connectivity index (χ0v) is 8.32. The summed E-state index contributed by atoms with van der Waals surface area (Å²) in [6, 6.07) is -1.16. The van der Waals surface area contributed by atoms with Crippen LogP contribution in [-0.4, -0.2) is 33.1 Å². The Bertz CT molecular complexity index is 263. The first-order valence-corrected chi connectivity index (χ1v) is 4.13. The van der Waals surface area contributed by atoms with Crippen molar-refractivity contribution in [2.45, 2.75) is 6.03 Å². The van der Waals surface area contributed by atoms with E-state index in [1.807, 2.05) is 0 Å². The molecule has 0 radical (unpaired) electrons. The van der Waals surface area contributed by atoms with E-state index in [4.69, 9.17) is 14.2 Å². The predicted octanol–water partition coefficient (Wildman–Crippen LogP) is 0.609. The van der Waals surface area contributed by atoms with E-state index in [2.05, 4.69) is 16.9 Å². The number of rotatable bonds is 5. The predicted molar refractivity (Wildman–Crippen MR) is 52.6 cm³/mol. The average Bonchev–Trinajstić information content (AvgIpc) is 2.27. The number of nitrogens with zero attached hydrogens (tertiary/aromatic N) is 1. The van der Waals surface area contributed by atoms with Gasteiger partial charge in [-0.1, -0.05) is 6.08 Å². The number of nitrogens with one attached hydrogen (secondary N) is 1. The molecule has 1 N–H and O–H groups in total. The molecule has 1 rings (SSSR count). The second-order valence-corrected chi connectivity index (χ2v) is 2.54. The first kappa shape index (κ1) is 10.7. The maximum absolute atomic E-state index is 5.31. The van der Waals surface area contributed by atoms with Crippen molar-refractivity contribution in [1.29, 1.82) is 0 Å². The van der Waals surface area contributed by atoms with E-state index in [1.54, 1.807) is 19.4 Å². The molecule has 0 bridgehead atoms. The van der Waals surface area contributed by atoms with Gasteiger partial charge in [-0.25, -0.2) is 4.99 Å². The van der Waals surface area contributed by atoms with Gasteiger partial charge in [-0.3, -0.25) is 0 Å². The molecule has 1 aliphatic heterocycles. The van der Waals surface area contributed by atoms with Crippen LogP contribution in [0.5, 0.6) is 0 Å². The van der Waals surface area contributed by atoms with Crippen LogP contribution in [0.1, 0.15) is 0 Å². The highest BCUT2D eigenvalue weighted by molar-refractivity contribution is 5.76. The quantitative estimate of drug-likeness (QED) is 0.519. The van der Waals surface area contributed by atoms with Crippen LogP contribution in [0, 0.1) is 0 Å². The van der Waals surface area contributed by atoms with Crippen LogP contribution in [0.25, 0.3) is 0 Å². The van der Waals surface area contributed by atoms with Gasteiger partial charge in [0, 0.05) is 13.3 Å². The number of hydrogen-bond donors (Lipinski definition) is 1. The lowest BCUT2D eigenvalue weighted by Gasteiger charge is -2.29. The lowest BCUT2D eigenvalue weighted by atomic mass is 10.5. The highest BCUT2D eigenvalue weighted by Gasteiger charge is 2.30. The van der Waals surface area contributed by atoms with Crippen LogP contribution in [0.2, 0.25) is 0 Å². The summed E-state index contributed by atoms with van der Waals surface area (Å²) in [4.78, 5) is 4.05. The fraction of sp³-hybridized carbons (Fsp3) is 0.444. The van der Waals surface area contributed by atoms with E-state index >= 15 is 0 Å². The first-order valence-electron chi connectivity index (χ1n) is 4.13. The van der Waals surface area contributed by atoms with E-state index < -0.39 is 6.03 Å². The van der Waals surface area contributed by atoms with E-state index in [0.29, 0.717) is 12.4 Å². The standard InChI is InChI=1S/C9H14N2O3/c1-4-5-14-9(13-3)10-6-8(12-2)7-11-9/h4,6-7,10H,1,5H2,2-3H3. The molecule has 0 aliphatic carbocycles. The lowest BCUT2D eigenvalue weighted by molar-refractivity contribution is -0.225. The molecular formula is C9H14N2O3. The Morgan fingerprint density at radius 1 is 1.64 bits per heavy atom. The SMILES string of the molecule is C=CCOC1(OC)N=CC(OC)=CN1. The molecule has 0 amide bonds. The third-order valence-corrected chi connectivity index (χ3v) is 1.67.